The Morgan fingerprint density at radius 1 is 1.00 bits per heavy atom. The standard InChI is InChI=1S/C13H9BrF2O/c14-13-4-2-1-3-9(13)8-17-12-6-10(15)5-11(16)7-12/h1-7H,8H2. The van der Waals surface area contributed by atoms with E-state index in [4.69, 9.17) is 4.74 Å². The third kappa shape index (κ3) is 3.27. The third-order valence-electron chi connectivity index (χ3n) is 2.19. The molecule has 0 radical (unpaired) electrons. The number of ether oxygens (including phenoxy) is 1. The Hall–Kier alpha value is -1.42. The van der Waals surface area contributed by atoms with Crippen molar-refractivity contribution in [2.75, 3.05) is 0 Å². The maximum Gasteiger partial charge on any atom is 0.129 e. The predicted molar refractivity (Wildman–Crippen MR) is 64.8 cm³/mol. The van der Waals surface area contributed by atoms with Crippen LogP contribution in [0.3, 0.4) is 0 Å². The van der Waals surface area contributed by atoms with Gasteiger partial charge in [-0.3, -0.25) is 0 Å². The number of hydrogen-bond donors (Lipinski definition) is 0. The molecule has 0 unspecified atom stereocenters. The zero-order valence-electron chi connectivity index (χ0n) is 8.79. The van der Waals surface area contributed by atoms with Crippen LogP contribution >= 0.6 is 15.9 Å². The molecule has 17 heavy (non-hydrogen) atoms. The lowest BCUT2D eigenvalue weighted by Crippen LogP contribution is -1.97. The molecule has 2 aromatic carbocycles. The highest BCUT2D eigenvalue weighted by molar-refractivity contribution is 9.10. The Morgan fingerprint density at radius 3 is 2.29 bits per heavy atom. The third-order valence-corrected chi connectivity index (χ3v) is 2.96. The molecule has 0 N–H and O–H groups in total. The van der Waals surface area contributed by atoms with Gasteiger partial charge < -0.3 is 4.74 Å². The Bertz CT molecular complexity index is 508. The van der Waals surface area contributed by atoms with E-state index in [2.05, 4.69) is 15.9 Å². The van der Waals surface area contributed by atoms with E-state index < -0.39 is 11.6 Å². The maximum absolute atomic E-state index is 12.9. The molecule has 1 nitrogen and oxygen atoms in total. The quantitative estimate of drug-likeness (QED) is 0.820. The second-order valence-corrected chi connectivity index (χ2v) is 4.34. The first kappa shape index (κ1) is 12.0. The molecule has 0 aliphatic heterocycles. The van der Waals surface area contributed by atoms with Crippen molar-refractivity contribution in [2.24, 2.45) is 0 Å². The lowest BCUT2D eigenvalue weighted by molar-refractivity contribution is 0.302. The van der Waals surface area contributed by atoms with Gasteiger partial charge in [-0.15, -0.1) is 0 Å². The summed E-state index contributed by atoms with van der Waals surface area (Å²) in [5.41, 5.74) is 0.914. The van der Waals surface area contributed by atoms with E-state index in [1.807, 2.05) is 24.3 Å². The maximum atomic E-state index is 12.9. The van der Waals surface area contributed by atoms with Gasteiger partial charge >= 0.3 is 0 Å². The van der Waals surface area contributed by atoms with Gasteiger partial charge in [0.2, 0.25) is 0 Å². The van der Waals surface area contributed by atoms with Gasteiger partial charge in [-0.2, -0.15) is 0 Å². The summed E-state index contributed by atoms with van der Waals surface area (Å²) in [5.74, 6) is -1.11. The van der Waals surface area contributed by atoms with Crippen LogP contribution in [0, 0.1) is 11.6 Å². The van der Waals surface area contributed by atoms with Crippen LogP contribution < -0.4 is 4.74 Å². The summed E-state index contributed by atoms with van der Waals surface area (Å²) in [6.45, 7) is 0.254. The summed E-state index contributed by atoms with van der Waals surface area (Å²) in [7, 11) is 0. The number of benzene rings is 2. The SMILES string of the molecule is Fc1cc(F)cc(OCc2ccccc2Br)c1. The minimum absolute atomic E-state index is 0.179. The highest BCUT2D eigenvalue weighted by atomic mass is 79.9. The van der Waals surface area contributed by atoms with Crippen LogP contribution in [0.2, 0.25) is 0 Å². The molecule has 0 aromatic heterocycles. The molecule has 0 fully saturated rings. The molecule has 2 rings (SSSR count). The van der Waals surface area contributed by atoms with Gasteiger partial charge in [0.05, 0.1) is 0 Å². The molecule has 0 aliphatic rings. The van der Waals surface area contributed by atoms with E-state index in [1.165, 1.54) is 0 Å². The largest absolute Gasteiger partial charge is 0.489 e. The van der Waals surface area contributed by atoms with Crippen LogP contribution in [0.4, 0.5) is 8.78 Å². The molecule has 0 atom stereocenters. The first-order valence-electron chi connectivity index (χ1n) is 4.97. The van der Waals surface area contributed by atoms with Gasteiger partial charge in [-0.1, -0.05) is 34.1 Å². The van der Waals surface area contributed by atoms with Gasteiger partial charge in [0.25, 0.3) is 0 Å². The number of hydrogen-bond acceptors (Lipinski definition) is 1. The molecule has 0 aliphatic carbocycles. The summed E-state index contributed by atoms with van der Waals surface area (Å²) in [4.78, 5) is 0. The van der Waals surface area contributed by atoms with E-state index in [9.17, 15) is 8.78 Å². The summed E-state index contributed by atoms with van der Waals surface area (Å²) in [6, 6.07) is 10.6. The minimum atomic E-state index is -0.646. The smallest absolute Gasteiger partial charge is 0.129 e. The molecular weight excluding hydrogens is 290 g/mol. The first-order chi connectivity index (χ1) is 8.15. The van der Waals surface area contributed by atoms with Crippen molar-refractivity contribution in [3.05, 3.63) is 64.1 Å². The molecule has 4 heteroatoms. The number of halogens is 3. The van der Waals surface area contributed by atoms with Crippen LogP contribution in [0.25, 0.3) is 0 Å². The summed E-state index contributed by atoms with van der Waals surface area (Å²) >= 11 is 3.37. The molecule has 0 saturated carbocycles. The van der Waals surface area contributed by atoms with E-state index >= 15 is 0 Å². The van der Waals surface area contributed by atoms with Crippen molar-refractivity contribution in [1.82, 2.24) is 0 Å². The van der Waals surface area contributed by atoms with Crippen LogP contribution in [0.15, 0.2) is 46.9 Å². The molecule has 0 spiro atoms. The predicted octanol–water partition coefficient (Wildman–Crippen LogP) is 4.31. The molecule has 0 bridgehead atoms. The summed E-state index contributed by atoms with van der Waals surface area (Å²) in [5, 5.41) is 0. The van der Waals surface area contributed by atoms with Gasteiger partial charge in [-0.05, 0) is 6.07 Å². The average Bonchev–Trinajstić information content (AvgIpc) is 2.27. The molecule has 0 amide bonds. The molecular formula is C13H9BrF2O. The zero-order valence-corrected chi connectivity index (χ0v) is 10.4. The summed E-state index contributed by atoms with van der Waals surface area (Å²) < 4.78 is 32.0. The van der Waals surface area contributed by atoms with Crippen molar-refractivity contribution in [3.63, 3.8) is 0 Å². The Balaban J connectivity index is 2.10. The fraction of sp³-hybridized carbons (Fsp3) is 0.0769. The van der Waals surface area contributed by atoms with Gasteiger partial charge in [-0.25, -0.2) is 8.78 Å². The second kappa shape index (κ2) is 5.27. The van der Waals surface area contributed by atoms with Crippen molar-refractivity contribution < 1.29 is 13.5 Å². The molecule has 0 saturated heterocycles. The van der Waals surface area contributed by atoms with E-state index in [-0.39, 0.29) is 12.4 Å². The first-order valence-corrected chi connectivity index (χ1v) is 5.77. The van der Waals surface area contributed by atoms with E-state index in [1.54, 1.807) is 0 Å². The van der Waals surface area contributed by atoms with Crippen LogP contribution in [0.1, 0.15) is 5.56 Å². The van der Waals surface area contributed by atoms with E-state index in [0.717, 1.165) is 28.2 Å². The van der Waals surface area contributed by atoms with Crippen molar-refractivity contribution in [2.45, 2.75) is 6.61 Å². The van der Waals surface area contributed by atoms with Crippen molar-refractivity contribution in [1.29, 1.82) is 0 Å². The normalized spacial score (nSPS) is 10.3. The highest BCUT2D eigenvalue weighted by Gasteiger charge is 2.03. The fourth-order valence-corrected chi connectivity index (χ4v) is 1.79. The monoisotopic (exact) mass is 298 g/mol. The fourth-order valence-electron chi connectivity index (χ4n) is 1.39. The highest BCUT2D eigenvalue weighted by Crippen LogP contribution is 2.20. The van der Waals surface area contributed by atoms with E-state index in [0.29, 0.717) is 0 Å². The van der Waals surface area contributed by atoms with Crippen LogP contribution in [0.5, 0.6) is 5.75 Å². The van der Waals surface area contributed by atoms with Gasteiger partial charge in [0.1, 0.15) is 24.0 Å². The Labute approximate surface area is 106 Å². The lowest BCUT2D eigenvalue weighted by atomic mass is 10.2. The molecule has 2 aromatic rings. The Kier molecular flexibility index (Phi) is 3.74. The topological polar surface area (TPSA) is 9.23 Å². The van der Waals surface area contributed by atoms with Crippen molar-refractivity contribution >= 4 is 15.9 Å². The van der Waals surface area contributed by atoms with Crippen molar-refractivity contribution in [3.8, 4) is 5.75 Å². The van der Waals surface area contributed by atoms with Crippen LogP contribution in [-0.4, -0.2) is 0 Å². The van der Waals surface area contributed by atoms with Gasteiger partial charge in [0, 0.05) is 28.2 Å². The van der Waals surface area contributed by atoms with Crippen LogP contribution in [-0.2, 0) is 6.61 Å². The Morgan fingerprint density at radius 2 is 1.65 bits per heavy atom. The van der Waals surface area contributed by atoms with Gasteiger partial charge in [0.15, 0.2) is 0 Å². The molecule has 0 heterocycles. The number of rotatable bonds is 3. The lowest BCUT2D eigenvalue weighted by Gasteiger charge is -2.08. The molecule has 88 valence electrons. The zero-order chi connectivity index (χ0) is 12.3. The summed E-state index contributed by atoms with van der Waals surface area (Å²) in [6.07, 6.45) is 0. The average molecular weight is 299 g/mol. The minimum Gasteiger partial charge on any atom is -0.489 e. The second-order valence-electron chi connectivity index (χ2n) is 3.49.